The largest absolute Gasteiger partial charge is 0.408 e. The number of carbonyl (C=O) groups excluding carboxylic acids is 1. The Morgan fingerprint density at radius 3 is 2.65 bits per heavy atom. The molecule has 2 rings (SSSR count). The topological polar surface area (TPSA) is 20.3 Å². The molecule has 0 saturated heterocycles. The Bertz CT molecular complexity index is 518. The van der Waals surface area contributed by atoms with E-state index in [0.29, 0.717) is 11.1 Å². The Balaban J connectivity index is 2.39. The molecule has 0 bridgehead atoms. The highest BCUT2D eigenvalue weighted by Gasteiger charge is 2.45. The van der Waals surface area contributed by atoms with Crippen molar-refractivity contribution in [1.82, 2.24) is 4.90 Å². The van der Waals surface area contributed by atoms with Gasteiger partial charge in [-0.15, -0.1) is 0 Å². The smallest absolute Gasteiger partial charge is 0.327 e. The number of rotatable bonds is 1. The van der Waals surface area contributed by atoms with Gasteiger partial charge in [-0.1, -0.05) is 6.07 Å². The van der Waals surface area contributed by atoms with Crippen molar-refractivity contribution >= 4 is 13.8 Å². The van der Waals surface area contributed by atoms with Crippen LogP contribution in [0.1, 0.15) is 17.5 Å². The number of aryl methyl sites for hydroxylation is 1. The van der Waals surface area contributed by atoms with Gasteiger partial charge in [-0.3, -0.25) is 4.79 Å². The van der Waals surface area contributed by atoms with Crippen molar-refractivity contribution in [3.05, 3.63) is 35.1 Å². The van der Waals surface area contributed by atoms with Crippen LogP contribution >= 0.6 is 0 Å². The van der Waals surface area contributed by atoms with Crippen LogP contribution in [0.15, 0.2) is 18.2 Å². The molecule has 1 heterocycles. The van der Waals surface area contributed by atoms with Crippen molar-refractivity contribution in [2.75, 3.05) is 0 Å². The second kappa shape index (κ2) is 5.46. The van der Waals surface area contributed by atoms with Gasteiger partial charge >= 0.3 is 6.18 Å². The van der Waals surface area contributed by atoms with Gasteiger partial charge in [0.2, 0.25) is 5.91 Å². The maximum absolute atomic E-state index is 13.2. The molecule has 106 valence electrons. The number of benzene rings is 1. The minimum atomic E-state index is -4.52. The van der Waals surface area contributed by atoms with Crippen molar-refractivity contribution in [2.45, 2.75) is 37.9 Å². The molecule has 0 aliphatic carbocycles. The number of amides is 1. The Labute approximate surface area is 115 Å². The first-order valence-corrected chi connectivity index (χ1v) is 6.16. The van der Waals surface area contributed by atoms with Gasteiger partial charge in [0.25, 0.3) is 0 Å². The fraction of sp³-hybridized carbons (Fsp3) is 0.462. The first kappa shape index (κ1) is 14.9. The molecule has 1 aliphatic rings. The van der Waals surface area contributed by atoms with Crippen molar-refractivity contribution in [3.8, 4) is 0 Å². The summed E-state index contributed by atoms with van der Waals surface area (Å²) in [7, 11) is 5.18. The number of halogens is 4. The molecular weight excluding hydrogens is 273 g/mol. The molecule has 1 amide bonds. The third kappa shape index (κ3) is 2.97. The third-order valence-corrected chi connectivity index (χ3v) is 3.45. The van der Waals surface area contributed by atoms with E-state index in [-0.39, 0.29) is 19.4 Å². The van der Waals surface area contributed by atoms with E-state index in [0.717, 1.165) is 4.90 Å². The van der Waals surface area contributed by atoms with E-state index in [2.05, 4.69) is 0 Å². The summed E-state index contributed by atoms with van der Waals surface area (Å²) in [6.45, 7) is -0.199. The van der Waals surface area contributed by atoms with Crippen LogP contribution in [0.25, 0.3) is 0 Å². The average molecular weight is 285 g/mol. The van der Waals surface area contributed by atoms with Gasteiger partial charge in [0, 0.05) is 6.54 Å². The number of hydrogen-bond acceptors (Lipinski definition) is 1. The van der Waals surface area contributed by atoms with Gasteiger partial charge in [0.05, 0.1) is 7.85 Å². The molecule has 0 spiro atoms. The van der Waals surface area contributed by atoms with E-state index in [1.165, 1.54) is 18.2 Å². The predicted octanol–water partition coefficient (Wildman–Crippen LogP) is 2.62. The summed E-state index contributed by atoms with van der Waals surface area (Å²) < 4.78 is 52.3. The monoisotopic (exact) mass is 285 g/mol. The Morgan fingerprint density at radius 1 is 1.35 bits per heavy atom. The van der Waals surface area contributed by atoms with Crippen LogP contribution in [0.4, 0.5) is 17.6 Å². The Hall–Kier alpha value is -1.53. The highest BCUT2D eigenvalue weighted by atomic mass is 19.4. The van der Waals surface area contributed by atoms with Crippen LogP contribution in [-0.4, -0.2) is 30.9 Å². The van der Waals surface area contributed by atoms with E-state index in [1.54, 1.807) is 0 Å². The molecule has 1 unspecified atom stereocenters. The van der Waals surface area contributed by atoms with Crippen molar-refractivity contribution in [3.63, 3.8) is 0 Å². The number of hydrogen-bond donors (Lipinski definition) is 0. The van der Waals surface area contributed by atoms with Gasteiger partial charge in [-0.25, -0.2) is 4.39 Å². The number of carbonyl (C=O) groups is 1. The summed E-state index contributed by atoms with van der Waals surface area (Å²) in [6, 6.07) is 1.94. The Kier molecular flexibility index (Phi) is 4.06. The molecule has 1 atom stereocenters. The lowest BCUT2D eigenvalue weighted by atomic mass is 10.0. The number of nitrogens with zero attached hydrogens (tertiary/aromatic N) is 1. The molecule has 2 nitrogen and oxygen atoms in total. The number of alkyl halides is 3. The van der Waals surface area contributed by atoms with Gasteiger partial charge in [-0.05, 0) is 42.4 Å². The van der Waals surface area contributed by atoms with Gasteiger partial charge < -0.3 is 4.90 Å². The van der Waals surface area contributed by atoms with E-state index in [9.17, 15) is 22.4 Å². The van der Waals surface area contributed by atoms with Crippen LogP contribution in [-0.2, 0) is 17.8 Å². The first-order valence-electron chi connectivity index (χ1n) is 6.16. The second-order valence-corrected chi connectivity index (χ2v) is 4.73. The second-order valence-electron chi connectivity index (χ2n) is 4.73. The van der Waals surface area contributed by atoms with Crippen molar-refractivity contribution < 1.29 is 22.4 Å². The zero-order chi connectivity index (χ0) is 14.9. The summed E-state index contributed by atoms with van der Waals surface area (Å²) in [5, 5.41) is 0. The van der Waals surface area contributed by atoms with Crippen molar-refractivity contribution in [2.24, 2.45) is 0 Å². The third-order valence-electron chi connectivity index (χ3n) is 3.45. The van der Waals surface area contributed by atoms with E-state index >= 15 is 0 Å². The van der Waals surface area contributed by atoms with E-state index < -0.39 is 30.3 Å². The predicted molar refractivity (Wildman–Crippen MR) is 65.7 cm³/mol. The molecule has 2 radical (unpaired) electrons. The molecule has 7 heteroatoms. The van der Waals surface area contributed by atoms with Crippen LogP contribution in [0.3, 0.4) is 0 Å². The van der Waals surface area contributed by atoms with Gasteiger partial charge in [0.15, 0.2) is 0 Å². The average Bonchev–Trinajstić information content (AvgIpc) is 2.56. The van der Waals surface area contributed by atoms with Crippen LogP contribution in [0.2, 0.25) is 6.32 Å². The summed E-state index contributed by atoms with van der Waals surface area (Å²) >= 11 is 0. The summed E-state index contributed by atoms with van der Waals surface area (Å²) in [5.74, 6) is -1.25. The molecule has 20 heavy (non-hydrogen) atoms. The molecule has 0 aromatic heterocycles. The molecule has 1 aromatic carbocycles. The molecular formula is C13H12BF4NO. The number of fused-ring (bicyclic) bond motifs is 1. The molecule has 1 aliphatic heterocycles. The standard InChI is InChI=1S/C13H12BF4NO/c14-6-12(20)19-7-9-1-3-10(15)5-8(9)2-4-11(19)13(16,17)18/h1,3,5,11H,2,4,6-7H2. The SMILES string of the molecule is [B]CC(=O)N1Cc2ccc(F)cc2CCC1C(F)(F)F. The first-order chi connectivity index (χ1) is 9.32. The lowest BCUT2D eigenvalue weighted by Gasteiger charge is -2.31. The fourth-order valence-electron chi connectivity index (χ4n) is 2.44. The highest BCUT2D eigenvalue weighted by molar-refractivity contribution is 6.19. The van der Waals surface area contributed by atoms with Crippen molar-refractivity contribution in [1.29, 1.82) is 0 Å². The summed E-state index contributed by atoms with van der Waals surface area (Å²) in [4.78, 5) is 12.4. The zero-order valence-corrected chi connectivity index (χ0v) is 10.6. The van der Waals surface area contributed by atoms with E-state index in [1.807, 2.05) is 0 Å². The fourth-order valence-corrected chi connectivity index (χ4v) is 2.44. The minimum absolute atomic E-state index is 0.0750. The molecule has 0 saturated carbocycles. The lowest BCUT2D eigenvalue weighted by molar-refractivity contribution is -0.191. The minimum Gasteiger partial charge on any atom is -0.327 e. The maximum atomic E-state index is 13.2. The van der Waals surface area contributed by atoms with E-state index in [4.69, 9.17) is 7.85 Å². The molecule has 0 N–H and O–H groups in total. The van der Waals surface area contributed by atoms with Crippen LogP contribution < -0.4 is 0 Å². The molecule has 0 fully saturated rings. The Morgan fingerprint density at radius 2 is 2.05 bits per heavy atom. The highest BCUT2D eigenvalue weighted by Crippen LogP contribution is 2.33. The quantitative estimate of drug-likeness (QED) is 0.573. The zero-order valence-electron chi connectivity index (χ0n) is 10.6. The van der Waals surface area contributed by atoms with Gasteiger partial charge in [0.1, 0.15) is 11.9 Å². The summed E-state index contributed by atoms with van der Waals surface area (Å²) in [6.07, 6.45) is -5.22. The molecule has 1 aromatic rings. The van der Waals surface area contributed by atoms with Crippen LogP contribution in [0.5, 0.6) is 0 Å². The van der Waals surface area contributed by atoms with Gasteiger partial charge in [-0.2, -0.15) is 13.2 Å². The lowest BCUT2D eigenvalue weighted by Crippen LogP contribution is -2.47. The summed E-state index contributed by atoms with van der Waals surface area (Å²) in [5.41, 5.74) is 1.03. The normalized spacial score (nSPS) is 19.4. The van der Waals surface area contributed by atoms with Crippen LogP contribution in [0, 0.1) is 5.82 Å². The maximum Gasteiger partial charge on any atom is 0.408 e.